The highest BCUT2D eigenvalue weighted by molar-refractivity contribution is 5.76. The van der Waals surface area contributed by atoms with E-state index in [2.05, 4.69) is 20.4 Å². The van der Waals surface area contributed by atoms with E-state index in [1.54, 1.807) is 12.4 Å². The molecule has 0 spiro atoms. The number of rotatable bonds is 6. The lowest BCUT2D eigenvalue weighted by atomic mass is 9.95. The van der Waals surface area contributed by atoms with E-state index in [1.165, 1.54) is 0 Å². The number of nitrogens with one attached hydrogen (secondary N) is 1. The van der Waals surface area contributed by atoms with E-state index < -0.39 is 5.60 Å². The predicted molar refractivity (Wildman–Crippen MR) is 95.3 cm³/mol. The number of hydrogen-bond donors (Lipinski definition) is 1. The molecule has 140 valence electrons. The van der Waals surface area contributed by atoms with Crippen molar-refractivity contribution in [3.05, 3.63) is 40.8 Å². The van der Waals surface area contributed by atoms with Gasteiger partial charge in [0.2, 0.25) is 5.91 Å². The molecule has 0 unspecified atom stereocenters. The zero-order valence-corrected chi connectivity index (χ0v) is 15.7. The number of carbonyl (C=O) groups is 1. The smallest absolute Gasteiger partial charge is 0.220 e. The fourth-order valence-electron chi connectivity index (χ4n) is 3.22. The van der Waals surface area contributed by atoms with Gasteiger partial charge < -0.3 is 14.6 Å². The van der Waals surface area contributed by atoms with Gasteiger partial charge in [0.05, 0.1) is 5.69 Å². The first-order valence-electron chi connectivity index (χ1n) is 9.12. The van der Waals surface area contributed by atoms with E-state index in [-0.39, 0.29) is 5.91 Å². The standard InChI is InChI=1S/C19H26N4O3/c1-13-16(14(2)26-23-13)6-7-17(24)20-10-15-11-21-18(22-12-15)19(3)8-4-5-9-25-19/h11-12H,4-10H2,1-3H3,(H,20,24)/t19-/m1/s1. The third-order valence-electron chi connectivity index (χ3n) is 4.92. The highest BCUT2D eigenvalue weighted by Crippen LogP contribution is 2.32. The first-order valence-corrected chi connectivity index (χ1v) is 9.12. The van der Waals surface area contributed by atoms with Crippen LogP contribution in [0.3, 0.4) is 0 Å². The molecule has 2 aromatic rings. The van der Waals surface area contributed by atoms with E-state index in [1.807, 2.05) is 20.8 Å². The molecule has 0 saturated carbocycles. The highest BCUT2D eigenvalue weighted by Gasteiger charge is 2.32. The summed E-state index contributed by atoms with van der Waals surface area (Å²) in [6.45, 7) is 6.96. The van der Waals surface area contributed by atoms with E-state index in [0.717, 1.165) is 48.5 Å². The fourth-order valence-corrected chi connectivity index (χ4v) is 3.22. The third-order valence-corrected chi connectivity index (χ3v) is 4.92. The predicted octanol–water partition coefficient (Wildman–Crippen LogP) is 2.75. The molecule has 3 heterocycles. The summed E-state index contributed by atoms with van der Waals surface area (Å²) >= 11 is 0. The normalized spacial score (nSPS) is 20.1. The maximum atomic E-state index is 12.1. The van der Waals surface area contributed by atoms with Gasteiger partial charge in [0.15, 0.2) is 5.82 Å². The fraction of sp³-hybridized carbons (Fsp3) is 0.579. The van der Waals surface area contributed by atoms with Gasteiger partial charge in [0.1, 0.15) is 11.4 Å². The Kier molecular flexibility index (Phi) is 5.66. The second kappa shape index (κ2) is 7.95. The van der Waals surface area contributed by atoms with Crippen molar-refractivity contribution in [3.63, 3.8) is 0 Å². The average molecular weight is 358 g/mol. The molecule has 0 radical (unpaired) electrons. The Hall–Kier alpha value is -2.28. The minimum Gasteiger partial charge on any atom is -0.367 e. The summed E-state index contributed by atoms with van der Waals surface area (Å²) in [5.74, 6) is 1.47. The van der Waals surface area contributed by atoms with Crippen molar-refractivity contribution in [2.45, 2.75) is 65.0 Å². The Balaban J connectivity index is 1.49. The Morgan fingerprint density at radius 1 is 1.27 bits per heavy atom. The number of hydrogen-bond acceptors (Lipinski definition) is 6. The first-order chi connectivity index (χ1) is 12.5. The summed E-state index contributed by atoms with van der Waals surface area (Å²) in [6.07, 6.45) is 7.70. The van der Waals surface area contributed by atoms with Crippen LogP contribution in [0.15, 0.2) is 16.9 Å². The lowest BCUT2D eigenvalue weighted by Gasteiger charge is -2.32. The molecule has 1 aliphatic heterocycles. The summed E-state index contributed by atoms with van der Waals surface area (Å²) in [6, 6.07) is 0. The number of ether oxygens (including phenoxy) is 1. The molecule has 7 heteroatoms. The Bertz CT molecular complexity index is 729. The average Bonchev–Trinajstić information content (AvgIpc) is 2.97. The van der Waals surface area contributed by atoms with Crippen LogP contribution in [-0.2, 0) is 28.1 Å². The number of aromatic nitrogens is 3. The molecule has 0 aliphatic carbocycles. The molecular weight excluding hydrogens is 332 g/mol. The van der Waals surface area contributed by atoms with Crippen molar-refractivity contribution in [2.75, 3.05) is 6.61 Å². The summed E-state index contributed by atoms with van der Waals surface area (Å²) in [4.78, 5) is 21.0. The Morgan fingerprint density at radius 2 is 2.04 bits per heavy atom. The van der Waals surface area contributed by atoms with Crippen molar-refractivity contribution < 1.29 is 14.1 Å². The maximum absolute atomic E-state index is 12.1. The van der Waals surface area contributed by atoms with Crippen molar-refractivity contribution in [3.8, 4) is 0 Å². The van der Waals surface area contributed by atoms with E-state index >= 15 is 0 Å². The lowest BCUT2D eigenvalue weighted by Crippen LogP contribution is -2.32. The highest BCUT2D eigenvalue weighted by atomic mass is 16.5. The molecule has 0 bridgehead atoms. The maximum Gasteiger partial charge on any atom is 0.220 e. The molecule has 1 atom stereocenters. The molecule has 26 heavy (non-hydrogen) atoms. The van der Waals surface area contributed by atoms with Crippen LogP contribution in [0.1, 0.15) is 61.0 Å². The summed E-state index contributed by atoms with van der Waals surface area (Å²) in [5, 5.41) is 6.81. The van der Waals surface area contributed by atoms with Crippen LogP contribution >= 0.6 is 0 Å². The minimum atomic E-state index is -0.394. The first kappa shape index (κ1) is 18.5. The largest absolute Gasteiger partial charge is 0.367 e. The van der Waals surface area contributed by atoms with E-state index in [0.29, 0.717) is 25.2 Å². The topological polar surface area (TPSA) is 90.1 Å². The van der Waals surface area contributed by atoms with Gasteiger partial charge in [-0.2, -0.15) is 0 Å². The van der Waals surface area contributed by atoms with Crippen molar-refractivity contribution in [1.29, 1.82) is 0 Å². The van der Waals surface area contributed by atoms with Gasteiger partial charge in [-0.25, -0.2) is 9.97 Å². The molecule has 0 aromatic carbocycles. The van der Waals surface area contributed by atoms with Gasteiger partial charge in [0.25, 0.3) is 0 Å². The zero-order valence-electron chi connectivity index (χ0n) is 15.7. The molecular formula is C19H26N4O3. The van der Waals surface area contributed by atoms with Gasteiger partial charge in [-0.1, -0.05) is 5.16 Å². The second-order valence-electron chi connectivity index (χ2n) is 7.03. The molecule has 1 saturated heterocycles. The van der Waals surface area contributed by atoms with Crippen LogP contribution in [0.5, 0.6) is 0 Å². The van der Waals surface area contributed by atoms with Crippen molar-refractivity contribution in [1.82, 2.24) is 20.4 Å². The van der Waals surface area contributed by atoms with Gasteiger partial charge in [-0.15, -0.1) is 0 Å². The molecule has 1 N–H and O–H groups in total. The van der Waals surface area contributed by atoms with Crippen LogP contribution in [0.4, 0.5) is 0 Å². The van der Waals surface area contributed by atoms with Crippen molar-refractivity contribution in [2.24, 2.45) is 0 Å². The third kappa shape index (κ3) is 4.27. The lowest BCUT2D eigenvalue weighted by molar-refractivity contribution is -0.121. The molecule has 2 aromatic heterocycles. The van der Waals surface area contributed by atoms with E-state index in [9.17, 15) is 4.79 Å². The summed E-state index contributed by atoms with van der Waals surface area (Å²) < 4.78 is 11.0. The van der Waals surface area contributed by atoms with Crippen LogP contribution in [0.25, 0.3) is 0 Å². The molecule has 1 fully saturated rings. The molecule has 3 rings (SSSR count). The van der Waals surface area contributed by atoms with Gasteiger partial charge in [-0.05, 0) is 46.5 Å². The number of nitrogens with zero attached hydrogens (tertiary/aromatic N) is 3. The Labute approximate surface area is 153 Å². The van der Waals surface area contributed by atoms with Crippen molar-refractivity contribution >= 4 is 5.91 Å². The Morgan fingerprint density at radius 3 is 2.65 bits per heavy atom. The molecule has 1 aliphatic rings. The SMILES string of the molecule is Cc1noc(C)c1CCC(=O)NCc1cnc([C@@]2(C)CCCCO2)nc1. The van der Waals surface area contributed by atoms with Gasteiger partial charge in [-0.3, -0.25) is 4.79 Å². The summed E-state index contributed by atoms with van der Waals surface area (Å²) in [5.41, 5.74) is 2.33. The number of amides is 1. The quantitative estimate of drug-likeness (QED) is 0.854. The number of carbonyl (C=O) groups excluding carboxylic acids is 1. The van der Waals surface area contributed by atoms with Crippen LogP contribution in [0, 0.1) is 13.8 Å². The van der Waals surface area contributed by atoms with Crippen LogP contribution < -0.4 is 5.32 Å². The van der Waals surface area contributed by atoms with E-state index in [4.69, 9.17) is 9.26 Å². The van der Waals surface area contributed by atoms with Gasteiger partial charge in [0, 0.05) is 43.1 Å². The zero-order chi connectivity index (χ0) is 18.6. The van der Waals surface area contributed by atoms with Crippen LogP contribution in [-0.4, -0.2) is 27.6 Å². The minimum absolute atomic E-state index is 0.0170. The second-order valence-corrected chi connectivity index (χ2v) is 7.03. The number of aryl methyl sites for hydroxylation is 2. The summed E-state index contributed by atoms with van der Waals surface area (Å²) in [7, 11) is 0. The van der Waals surface area contributed by atoms with Crippen LogP contribution in [0.2, 0.25) is 0 Å². The van der Waals surface area contributed by atoms with Gasteiger partial charge >= 0.3 is 0 Å². The molecule has 1 amide bonds. The molecule has 7 nitrogen and oxygen atoms in total. The monoisotopic (exact) mass is 358 g/mol.